The van der Waals surface area contributed by atoms with Gasteiger partial charge in [0.05, 0.1) is 0 Å². The van der Waals surface area contributed by atoms with Gasteiger partial charge in [-0.2, -0.15) is 0 Å². The Morgan fingerprint density at radius 3 is 2.41 bits per heavy atom. The maximum atomic E-state index is 12.7. The van der Waals surface area contributed by atoms with Gasteiger partial charge in [0.15, 0.2) is 11.5 Å². The Morgan fingerprint density at radius 2 is 1.70 bits per heavy atom. The summed E-state index contributed by atoms with van der Waals surface area (Å²) < 4.78 is 0. The maximum absolute atomic E-state index is 12.7. The molecule has 1 aromatic heterocycles. The van der Waals surface area contributed by atoms with Crippen LogP contribution in [0.3, 0.4) is 0 Å². The molecule has 1 fully saturated rings. The summed E-state index contributed by atoms with van der Waals surface area (Å²) in [6.07, 6.45) is 4.52. The first-order chi connectivity index (χ1) is 13.2. The van der Waals surface area contributed by atoms with E-state index in [1.54, 1.807) is 4.90 Å². The molecule has 3 amide bonds. The third kappa shape index (κ3) is 3.90. The van der Waals surface area contributed by atoms with Crippen molar-refractivity contribution in [1.82, 2.24) is 25.5 Å². The molecule has 0 radical (unpaired) electrons. The standard InChI is InChI=1S/C19H22N6O2/c26-18(23-15-11-13-3-1-2-4-14(13)12-15)16-17(22-6-5-21-16)24-19(27)25-9-7-20-8-10-25/h1-6,15,20H,7-12H2,(H,23,26)(H,22,24,27). The number of nitrogens with one attached hydrogen (secondary N) is 3. The molecule has 4 rings (SSSR count). The second-order valence-corrected chi connectivity index (χ2v) is 6.77. The molecular formula is C19H22N6O2. The number of nitrogens with zero attached hydrogens (tertiary/aromatic N) is 3. The summed E-state index contributed by atoms with van der Waals surface area (Å²) in [5, 5.41) is 8.94. The Morgan fingerprint density at radius 1 is 1.04 bits per heavy atom. The van der Waals surface area contributed by atoms with E-state index in [2.05, 4.69) is 38.1 Å². The third-order valence-corrected chi connectivity index (χ3v) is 4.93. The lowest BCUT2D eigenvalue weighted by molar-refractivity contribution is 0.0934. The highest BCUT2D eigenvalue weighted by atomic mass is 16.2. The molecular weight excluding hydrogens is 344 g/mol. The molecule has 0 saturated carbocycles. The number of piperazine rings is 1. The molecule has 3 N–H and O–H groups in total. The van der Waals surface area contributed by atoms with Crippen molar-refractivity contribution < 1.29 is 9.59 Å². The predicted octanol–water partition coefficient (Wildman–Crippen LogP) is 0.811. The molecule has 8 heteroatoms. The Bertz CT molecular complexity index is 825. The molecule has 1 aliphatic carbocycles. The summed E-state index contributed by atoms with van der Waals surface area (Å²) in [5.74, 6) is -0.134. The largest absolute Gasteiger partial charge is 0.347 e. The predicted molar refractivity (Wildman–Crippen MR) is 101 cm³/mol. The number of fused-ring (bicyclic) bond motifs is 1. The van der Waals surface area contributed by atoms with E-state index in [1.165, 1.54) is 23.5 Å². The van der Waals surface area contributed by atoms with Crippen molar-refractivity contribution in [2.45, 2.75) is 18.9 Å². The quantitative estimate of drug-likeness (QED) is 0.747. The molecule has 1 aromatic carbocycles. The number of amides is 3. The molecule has 0 atom stereocenters. The average molecular weight is 366 g/mol. The topological polar surface area (TPSA) is 99.2 Å². The summed E-state index contributed by atoms with van der Waals surface area (Å²) in [6, 6.07) is 7.95. The fourth-order valence-corrected chi connectivity index (χ4v) is 3.56. The minimum absolute atomic E-state index is 0.0219. The fraction of sp³-hybridized carbons (Fsp3) is 0.368. The lowest BCUT2D eigenvalue weighted by Gasteiger charge is -2.27. The number of benzene rings is 1. The van der Waals surface area contributed by atoms with E-state index < -0.39 is 0 Å². The number of carbonyl (C=O) groups is 2. The van der Waals surface area contributed by atoms with Crippen molar-refractivity contribution in [2.24, 2.45) is 0 Å². The van der Waals surface area contributed by atoms with Crippen LogP contribution >= 0.6 is 0 Å². The molecule has 2 aromatic rings. The maximum Gasteiger partial charge on any atom is 0.323 e. The zero-order valence-electron chi connectivity index (χ0n) is 14.9. The van der Waals surface area contributed by atoms with Crippen LogP contribution in [0.2, 0.25) is 0 Å². The van der Waals surface area contributed by atoms with E-state index >= 15 is 0 Å². The van der Waals surface area contributed by atoms with E-state index in [4.69, 9.17) is 0 Å². The minimum atomic E-state index is -0.323. The average Bonchev–Trinajstić information content (AvgIpc) is 3.11. The van der Waals surface area contributed by atoms with Crippen molar-refractivity contribution in [2.75, 3.05) is 31.5 Å². The first-order valence-electron chi connectivity index (χ1n) is 9.16. The zero-order valence-corrected chi connectivity index (χ0v) is 14.9. The molecule has 2 heterocycles. The molecule has 0 spiro atoms. The highest BCUT2D eigenvalue weighted by molar-refractivity contribution is 6.00. The fourth-order valence-electron chi connectivity index (χ4n) is 3.56. The van der Waals surface area contributed by atoms with Crippen LogP contribution in [0.5, 0.6) is 0 Å². The Kier molecular flexibility index (Phi) is 4.97. The molecule has 27 heavy (non-hydrogen) atoms. The van der Waals surface area contributed by atoms with Crippen LogP contribution in [0.1, 0.15) is 21.6 Å². The van der Waals surface area contributed by atoms with Crippen molar-refractivity contribution in [1.29, 1.82) is 0 Å². The van der Waals surface area contributed by atoms with Crippen LogP contribution in [-0.2, 0) is 12.8 Å². The van der Waals surface area contributed by atoms with Gasteiger partial charge in [0, 0.05) is 44.6 Å². The van der Waals surface area contributed by atoms with Gasteiger partial charge < -0.3 is 15.5 Å². The van der Waals surface area contributed by atoms with E-state index in [0.717, 1.165) is 25.9 Å². The van der Waals surface area contributed by atoms with Crippen LogP contribution in [0, 0.1) is 0 Å². The van der Waals surface area contributed by atoms with Crippen LogP contribution in [-0.4, -0.2) is 59.0 Å². The van der Waals surface area contributed by atoms with Crippen molar-refractivity contribution >= 4 is 17.8 Å². The van der Waals surface area contributed by atoms with Gasteiger partial charge in [-0.3, -0.25) is 10.1 Å². The van der Waals surface area contributed by atoms with Gasteiger partial charge in [-0.1, -0.05) is 24.3 Å². The smallest absolute Gasteiger partial charge is 0.323 e. The Hall–Kier alpha value is -3.00. The van der Waals surface area contributed by atoms with E-state index in [0.29, 0.717) is 13.1 Å². The summed E-state index contributed by atoms with van der Waals surface area (Å²) >= 11 is 0. The number of hydrogen-bond donors (Lipinski definition) is 3. The summed E-state index contributed by atoms with van der Waals surface area (Å²) in [5.41, 5.74) is 2.65. The van der Waals surface area contributed by atoms with Crippen LogP contribution in [0.15, 0.2) is 36.7 Å². The number of hydrogen-bond acceptors (Lipinski definition) is 5. The molecule has 0 unspecified atom stereocenters. The molecule has 2 aliphatic rings. The van der Waals surface area contributed by atoms with Gasteiger partial charge in [0.2, 0.25) is 0 Å². The lowest BCUT2D eigenvalue weighted by atomic mass is 10.1. The van der Waals surface area contributed by atoms with Gasteiger partial charge >= 0.3 is 6.03 Å². The summed E-state index contributed by atoms with van der Waals surface area (Å²) in [6.45, 7) is 2.74. The first-order valence-corrected chi connectivity index (χ1v) is 9.16. The van der Waals surface area contributed by atoms with Gasteiger partial charge in [-0.15, -0.1) is 0 Å². The molecule has 8 nitrogen and oxygen atoms in total. The van der Waals surface area contributed by atoms with Crippen LogP contribution in [0.4, 0.5) is 10.6 Å². The molecule has 1 aliphatic heterocycles. The second kappa shape index (κ2) is 7.71. The van der Waals surface area contributed by atoms with E-state index in [9.17, 15) is 9.59 Å². The summed E-state index contributed by atoms with van der Waals surface area (Å²) in [7, 11) is 0. The molecule has 1 saturated heterocycles. The highest BCUT2D eigenvalue weighted by Gasteiger charge is 2.26. The summed E-state index contributed by atoms with van der Waals surface area (Å²) in [4.78, 5) is 35.2. The Labute approximate surface area is 157 Å². The monoisotopic (exact) mass is 366 g/mol. The third-order valence-electron chi connectivity index (χ3n) is 4.93. The van der Waals surface area contributed by atoms with Crippen molar-refractivity contribution in [3.8, 4) is 0 Å². The van der Waals surface area contributed by atoms with Crippen molar-refractivity contribution in [3.05, 3.63) is 53.5 Å². The number of anilines is 1. The lowest BCUT2D eigenvalue weighted by Crippen LogP contribution is -2.48. The number of carbonyl (C=O) groups excluding carboxylic acids is 2. The van der Waals surface area contributed by atoms with Gasteiger partial charge in [0.25, 0.3) is 5.91 Å². The van der Waals surface area contributed by atoms with Crippen LogP contribution in [0.25, 0.3) is 0 Å². The number of rotatable bonds is 3. The molecule has 0 bridgehead atoms. The number of urea groups is 1. The molecule has 140 valence electrons. The number of aromatic nitrogens is 2. The second-order valence-electron chi connectivity index (χ2n) is 6.77. The van der Waals surface area contributed by atoms with Gasteiger partial charge in [0.1, 0.15) is 0 Å². The minimum Gasteiger partial charge on any atom is -0.347 e. The SMILES string of the molecule is O=C(NC1Cc2ccccc2C1)c1nccnc1NC(=O)N1CCNCC1. The van der Waals surface area contributed by atoms with E-state index in [1.807, 2.05) is 12.1 Å². The van der Waals surface area contributed by atoms with Crippen molar-refractivity contribution in [3.63, 3.8) is 0 Å². The first kappa shape index (κ1) is 17.4. The normalized spacial score (nSPS) is 16.7. The zero-order chi connectivity index (χ0) is 18.6. The van der Waals surface area contributed by atoms with Gasteiger partial charge in [-0.25, -0.2) is 14.8 Å². The van der Waals surface area contributed by atoms with Crippen LogP contribution < -0.4 is 16.0 Å². The van der Waals surface area contributed by atoms with E-state index in [-0.39, 0.29) is 29.5 Å². The van der Waals surface area contributed by atoms with Gasteiger partial charge in [-0.05, 0) is 24.0 Å². The Balaban J connectivity index is 1.43. The highest BCUT2D eigenvalue weighted by Crippen LogP contribution is 2.22.